The molecule has 1 atom stereocenters. The maximum Gasteiger partial charge on any atom is 0.167 e. The van der Waals surface area contributed by atoms with E-state index in [9.17, 15) is 9.90 Å². The van der Waals surface area contributed by atoms with Gasteiger partial charge in [0.05, 0.1) is 19.8 Å². The Morgan fingerprint density at radius 2 is 2.00 bits per heavy atom. The number of ketones is 1. The van der Waals surface area contributed by atoms with Crippen LogP contribution in [-0.2, 0) is 17.8 Å². The summed E-state index contributed by atoms with van der Waals surface area (Å²) in [5.41, 5.74) is 3.13. The lowest BCUT2D eigenvalue weighted by Crippen LogP contribution is -2.36. The number of carbonyl (C=O) groups excluding carboxylic acids is 1. The van der Waals surface area contributed by atoms with Crippen LogP contribution < -0.4 is 0 Å². The summed E-state index contributed by atoms with van der Waals surface area (Å²) in [5, 5.41) is 9.22. The van der Waals surface area contributed by atoms with Crippen molar-refractivity contribution in [2.75, 3.05) is 47.0 Å². The number of Topliss-reactive ketones (excluding diaryl/α,β-unsaturated/α-hetero) is 1. The Labute approximate surface area is 138 Å². The van der Waals surface area contributed by atoms with Gasteiger partial charge >= 0.3 is 0 Å². The zero-order chi connectivity index (χ0) is 16.8. The second-order valence-electron chi connectivity index (χ2n) is 6.56. The first kappa shape index (κ1) is 18.1. The van der Waals surface area contributed by atoms with E-state index in [0.717, 1.165) is 39.4 Å². The highest BCUT2D eigenvalue weighted by atomic mass is 16.5. The highest BCUT2D eigenvalue weighted by molar-refractivity contribution is 5.97. The Morgan fingerprint density at radius 1 is 1.30 bits per heavy atom. The van der Waals surface area contributed by atoms with Gasteiger partial charge in [0, 0.05) is 37.7 Å². The molecule has 1 aliphatic heterocycles. The third-order valence-corrected chi connectivity index (χ3v) is 4.20. The lowest BCUT2D eigenvalue weighted by atomic mass is 9.95. The fraction of sp³-hybridized carbons (Fsp3) is 0.611. The first-order chi connectivity index (χ1) is 11.0. The minimum absolute atomic E-state index is 0.00660. The van der Waals surface area contributed by atoms with Crippen molar-refractivity contribution in [3.8, 4) is 0 Å². The van der Waals surface area contributed by atoms with E-state index in [1.54, 1.807) is 6.92 Å². The molecule has 0 bridgehead atoms. The predicted molar refractivity (Wildman–Crippen MR) is 90.5 cm³/mol. The molecular weight excluding hydrogens is 292 g/mol. The number of rotatable bonds is 7. The molecule has 0 aliphatic carbocycles. The zero-order valence-corrected chi connectivity index (χ0v) is 14.4. The van der Waals surface area contributed by atoms with Gasteiger partial charge < -0.3 is 14.7 Å². The lowest BCUT2D eigenvalue weighted by molar-refractivity contribution is 0.0340. The van der Waals surface area contributed by atoms with Crippen LogP contribution in [0, 0.1) is 5.92 Å². The standard InChI is InChI=1S/C18H28N2O3/c1-14(13-21)18(22)15-4-5-16(11-19(2)3)17(10-15)12-20-6-8-23-9-7-20/h4-5,10,14,21H,6-9,11-13H2,1-3H3. The van der Waals surface area contributed by atoms with Gasteiger partial charge in [-0.05, 0) is 31.3 Å². The maximum absolute atomic E-state index is 12.3. The summed E-state index contributed by atoms with van der Waals surface area (Å²) in [6.07, 6.45) is 0. The molecule has 1 saturated heterocycles. The normalized spacial score (nSPS) is 17.4. The number of hydrogen-bond acceptors (Lipinski definition) is 5. The summed E-state index contributed by atoms with van der Waals surface area (Å²) in [5.74, 6) is -0.349. The molecule has 1 unspecified atom stereocenters. The molecule has 0 spiro atoms. The molecule has 1 aliphatic rings. The van der Waals surface area contributed by atoms with Crippen molar-refractivity contribution in [2.45, 2.75) is 20.0 Å². The quantitative estimate of drug-likeness (QED) is 0.770. The van der Waals surface area contributed by atoms with Gasteiger partial charge in [-0.3, -0.25) is 9.69 Å². The minimum atomic E-state index is -0.356. The van der Waals surface area contributed by atoms with Crippen LogP contribution in [0.5, 0.6) is 0 Å². The topological polar surface area (TPSA) is 53.0 Å². The SMILES string of the molecule is CC(CO)C(=O)c1ccc(CN(C)C)c(CN2CCOCC2)c1. The molecule has 1 aromatic rings. The number of ether oxygens (including phenoxy) is 1. The number of aliphatic hydroxyl groups excluding tert-OH is 1. The van der Waals surface area contributed by atoms with Gasteiger partial charge in [-0.2, -0.15) is 0 Å². The smallest absolute Gasteiger partial charge is 0.167 e. The lowest BCUT2D eigenvalue weighted by Gasteiger charge is -2.28. The number of benzene rings is 1. The molecule has 1 fully saturated rings. The molecule has 1 N–H and O–H groups in total. The van der Waals surface area contributed by atoms with Crippen molar-refractivity contribution < 1.29 is 14.6 Å². The number of carbonyl (C=O) groups is 1. The van der Waals surface area contributed by atoms with Crippen molar-refractivity contribution in [3.05, 3.63) is 34.9 Å². The number of nitrogens with zero attached hydrogens (tertiary/aromatic N) is 2. The Kier molecular flexibility index (Phi) is 6.72. The van der Waals surface area contributed by atoms with Crippen LogP contribution in [0.1, 0.15) is 28.4 Å². The largest absolute Gasteiger partial charge is 0.396 e. The number of morpholine rings is 1. The van der Waals surface area contributed by atoms with Crippen molar-refractivity contribution in [1.29, 1.82) is 0 Å². The van der Waals surface area contributed by atoms with Crippen molar-refractivity contribution in [3.63, 3.8) is 0 Å². The highest BCUT2D eigenvalue weighted by Gasteiger charge is 2.18. The molecule has 1 aromatic carbocycles. The molecule has 0 radical (unpaired) electrons. The van der Waals surface area contributed by atoms with E-state index in [0.29, 0.717) is 5.56 Å². The van der Waals surface area contributed by atoms with E-state index in [-0.39, 0.29) is 18.3 Å². The molecule has 0 amide bonds. The van der Waals surface area contributed by atoms with E-state index >= 15 is 0 Å². The average Bonchev–Trinajstić information content (AvgIpc) is 2.55. The second kappa shape index (κ2) is 8.55. The molecule has 0 aromatic heterocycles. The van der Waals surface area contributed by atoms with Gasteiger partial charge in [0.15, 0.2) is 5.78 Å². The Morgan fingerprint density at radius 3 is 2.61 bits per heavy atom. The molecule has 128 valence electrons. The van der Waals surface area contributed by atoms with Crippen molar-refractivity contribution in [2.24, 2.45) is 5.92 Å². The molecule has 23 heavy (non-hydrogen) atoms. The van der Waals surface area contributed by atoms with Crippen LogP contribution in [-0.4, -0.2) is 67.7 Å². The summed E-state index contributed by atoms with van der Waals surface area (Å²) in [7, 11) is 4.09. The monoisotopic (exact) mass is 320 g/mol. The maximum atomic E-state index is 12.3. The number of aliphatic hydroxyl groups is 1. The molecule has 5 heteroatoms. The van der Waals surface area contributed by atoms with E-state index in [2.05, 4.69) is 9.80 Å². The average molecular weight is 320 g/mol. The Bertz CT molecular complexity index is 525. The fourth-order valence-electron chi connectivity index (χ4n) is 2.79. The van der Waals surface area contributed by atoms with Gasteiger partial charge in [0.25, 0.3) is 0 Å². The van der Waals surface area contributed by atoms with Gasteiger partial charge in [-0.25, -0.2) is 0 Å². The minimum Gasteiger partial charge on any atom is -0.396 e. The molecule has 5 nitrogen and oxygen atoms in total. The zero-order valence-electron chi connectivity index (χ0n) is 14.4. The van der Waals surface area contributed by atoms with Crippen LogP contribution in [0.4, 0.5) is 0 Å². The Hall–Kier alpha value is -1.27. The van der Waals surface area contributed by atoms with E-state index < -0.39 is 0 Å². The second-order valence-corrected chi connectivity index (χ2v) is 6.56. The van der Waals surface area contributed by atoms with Crippen LogP contribution in [0.15, 0.2) is 18.2 Å². The predicted octanol–water partition coefficient (Wildman–Crippen LogP) is 1.39. The van der Waals surface area contributed by atoms with E-state index in [1.165, 1.54) is 11.1 Å². The first-order valence-electron chi connectivity index (χ1n) is 8.23. The highest BCUT2D eigenvalue weighted by Crippen LogP contribution is 2.19. The Balaban J connectivity index is 2.23. The van der Waals surface area contributed by atoms with E-state index in [4.69, 9.17) is 4.74 Å². The third-order valence-electron chi connectivity index (χ3n) is 4.20. The third kappa shape index (κ3) is 5.11. The van der Waals surface area contributed by atoms with Gasteiger partial charge in [0.2, 0.25) is 0 Å². The van der Waals surface area contributed by atoms with Gasteiger partial charge in [-0.15, -0.1) is 0 Å². The summed E-state index contributed by atoms with van der Waals surface area (Å²) in [4.78, 5) is 16.8. The fourth-order valence-corrected chi connectivity index (χ4v) is 2.79. The molecule has 1 heterocycles. The van der Waals surface area contributed by atoms with Crippen molar-refractivity contribution in [1.82, 2.24) is 9.80 Å². The summed E-state index contributed by atoms with van der Waals surface area (Å²) >= 11 is 0. The summed E-state index contributed by atoms with van der Waals surface area (Å²) in [6.45, 7) is 6.71. The number of hydrogen-bond donors (Lipinski definition) is 1. The molecule has 2 rings (SSSR count). The van der Waals surface area contributed by atoms with Crippen LogP contribution in [0.25, 0.3) is 0 Å². The van der Waals surface area contributed by atoms with E-state index in [1.807, 2.05) is 32.3 Å². The molecular formula is C18H28N2O3. The summed E-state index contributed by atoms with van der Waals surface area (Å²) < 4.78 is 5.41. The van der Waals surface area contributed by atoms with Crippen LogP contribution in [0.2, 0.25) is 0 Å². The molecule has 0 saturated carbocycles. The van der Waals surface area contributed by atoms with Gasteiger partial charge in [-0.1, -0.05) is 19.1 Å². The van der Waals surface area contributed by atoms with Crippen LogP contribution >= 0.6 is 0 Å². The van der Waals surface area contributed by atoms with Gasteiger partial charge in [0.1, 0.15) is 0 Å². The summed E-state index contributed by atoms with van der Waals surface area (Å²) in [6, 6.07) is 5.94. The van der Waals surface area contributed by atoms with Crippen molar-refractivity contribution >= 4 is 5.78 Å². The first-order valence-corrected chi connectivity index (χ1v) is 8.23. The van der Waals surface area contributed by atoms with Crippen LogP contribution in [0.3, 0.4) is 0 Å².